The molecule has 0 radical (unpaired) electrons. The molecule has 0 saturated heterocycles. The molecule has 0 amide bonds. The van der Waals surface area contributed by atoms with Crippen molar-refractivity contribution in [3.05, 3.63) is 23.8 Å². The number of esters is 1. The number of allylic oxidation sites excluding steroid dienone is 1. The highest BCUT2D eigenvalue weighted by molar-refractivity contribution is 5.96. The SMILES string of the molecule is CC[C@]12CCC3C(CC(CO)C4=C/C(=N/O)CC[C@@H]43)C1CC[C@@]21C=CC(=O)O1. The van der Waals surface area contributed by atoms with Gasteiger partial charge in [-0.15, -0.1) is 0 Å². The van der Waals surface area contributed by atoms with E-state index in [0.29, 0.717) is 23.7 Å². The predicted octanol–water partition coefficient (Wildman–Crippen LogP) is 3.85. The van der Waals surface area contributed by atoms with Crippen LogP contribution >= 0.6 is 0 Å². The zero-order chi connectivity index (χ0) is 19.5. The summed E-state index contributed by atoms with van der Waals surface area (Å²) in [6.45, 7) is 2.43. The van der Waals surface area contributed by atoms with E-state index in [1.54, 1.807) is 6.08 Å². The lowest BCUT2D eigenvalue weighted by atomic mass is 9.48. The lowest BCUT2D eigenvalue weighted by Gasteiger charge is -2.57. The summed E-state index contributed by atoms with van der Waals surface area (Å²) in [5, 5.41) is 22.8. The molecule has 2 N–H and O–H groups in total. The summed E-state index contributed by atoms with van der Waals surface area (Å²) in [6, 6.07) is 0. The predicted molar refractivity (Wildman–Crippen MR) is 105 cm³/mol. The molecule has 3 fully saturated rings. The second-order valence-electron chi connectivity index (χ2n) is 9.66. The van der Waals surface area contributed by atoms with Crippen molar-refractivity contribution in [3.63, 3.8) is 0 Å². The summed E-state index contributed by atoms with van der Waals surface area (Å²) in [6.07, 6.45) is 14.0. The molecule has 28 heavy (non-hydrogen) atoms. The van der Waals surface area contributed by atoms with Crippen molar-refractivity contribution in [1.29, 1.82) is 0 Å². The van der Waals surface area contributed by atoms with E-state index in [4.69, 9.17) is 4.74 Å². The number of aliphatic hydroxyl groups is 1. The quantitative estimate of drug-likeness (QED) is 0.430. The van der Waals surface area contributed by atoms with E-state index in [2.05, 4.69) is 24.2 Å². The Morgan fingerprint density at radius 1 is 1.25 bits per heavy atom. The van der Waals surface area contributed by atoms with E-state index in [1.165, 1.54) is 5.57 Å². The minimum Gasteiger partial charge on any atom is -0.451 e. The largest absolute Gasteiger partial charge is 0.451 e. The normalized spacial score (nSPS) is 48.2. The molecule has 1 aliphatic heterocycles. The van der Waals surface area contributed by atoms with Crippen LogP contribution in [-0.2, 0) is 9.53 Å². The van der Waals surface area contributed by atoms with Gasteiger partial charge < -0.3 is 15.1 Å². The van der Waals surface area contributed by atoms with E-state index in [9.17, 15) is 15.1 Å². The van der Waals surface area contributed by atoms with Crippen LogP contribution in [0.1, 0.15) is 58.3 Å². The van der Waals surface area contributed by atoms with Crippen LogP contribution in [0.25, 0.3) is 0 Å². The number of aliphatic hydroxyl groups excluding tert-OH is 1. The first-order valence-electron chi connectivity index (χ1n) is 11.0. The Hall–Kier alpha value is -1.62. The number of rotatable bonds is 2. The maximum absolute atomic E-state index is 12.0. The van der Waals surface area contributed by atoms with Crippen molar-refractivity contribution in [2.24, 2.45) is 40.2 Å². The summed E-state index contributed by atoms with van der Waals surface area (Å²) < 4.78 is 5.99. The number of oxime groups is 1. The Morgan fingerprint density at radius 2 is 2.11 bits per heavy atom. The van der Waals surface area contributed by atoms with Crippen LogP contribution in [0.2, 0.25) is 0 Å². The fourth-order valence-corrected chi connectivity index (χ4v) is 8.04. The average Bonchev–Trinajstić information content (AvgIpc) is 3.27. The molecule has 4 aliphatic carbocycles. The first kappa shape index (κ1) is 18.4. The molecule has 3 saturated carbocycles. The molecule has 4 unspecified atom stereocenters. The number of hydrogen-bond donors (Lipinski definition) is 2. The van der Waals surface area contributed by atoms with Crippen molar-refractivity contribution >= 4 is 11.7 Å². The molecule has 0 bridgehead atoms. The molecule has 5 aliphatic rings. The van der Waals surface area contributed by atoms with Crippen LogP contribution in [0.4, 0.5) is 0 Å². The molecule has 5 nitrogen and oxygen atoms in total. The topological polar surface area (TPSA) is 79.1 Å². The molecule has 5 rings (SSSR count). The van der Waals surface area contributed by atoms with Crippen molar-refractivity contribution in [2.75, 3.05) is 6.61 Å². The highest BCUT2D eigenvalue weighted by atomic mass is 16.6. The second kappa shape index (κ2) is 6.45. The van der Waals surface area contributed by atoms with Crippen molar-refractivity contribution in [2.45, 2.75) is 63.9 Å². The highest BCUT2D eigenvalue weighted by Crippen LogP contribution is 2.68. The highest BCUT2D eigenvalue weighted by Gasteiger charge is 2.66. The van der Waals surface area contributed by atoms with E-state index < -0.39 is 5.60 Å². The Kier molecular flexibility index (Phi) is 4.24. The van der Waals surface area contributed by atoms with Crippen LogP contribution in [0.15, 0.2) is 29.0 Å². The van der Waals surface area contributed by atoms with E-state index in [-0.39, 0.29) is 23.9 Å². The van der Waals surface area contributed by atoms with E-state index in [1.807, 2.05) is 0 Å². The summed E-state index contributed by atoms with van der Waals surface area (Å²) >= 11 is 0. The minimum atomic E-state index is -0.400. The van der Waals surface area contributed by atoms with Gasteiger partial charge in [0.15, 0.2) is 0 Å². The van der Waals surface area contributed by atoms with Gasteiger partial charge in [0.25, 0.3) is 0 Å². The molecule has 5 heteroatoms. The molecule has 152 valence electrons. The fourth-order valence-electron chi connectivity index (χ4n) is 8.04. The Balaban J connectivity index is 1.51. The number of nitrogens with zero attached hydrogens (tertiary/aromatic N) is 1. The minimum absolute atomic E-state index is 0.0461. The fraction of sp³-hybridized carbons (Fsp3) is 0.739. The summed E-state index contributed by atoms with van der Waals surface area (Å²) in [5.74, 6) is 2.24. The van der Waals surface area contributed by atoms with Crippen LogP contribution in [0, 0.1) is 35.0 Å². The third-order valence-electron chi connectivity index (χ3n) is 9.14. The van der Waals surface area contributed by atoms with Crippen LogP contribution in [0.3, 0.4) is 0 Å². The summed E-state index contributed by atoms with van der Waals surface area (Å²) in [7, 11) is 0. The monoisotopic (exact) mass is 385 g/mol. The lowest BCUT2D eigenvalue weighted by molar-refractivity contribution is -0.165. The number of carbonyl (C=O) groups excluding carboxylic acids is 1. The van der Waals surface area contributed by atoms with Gasteiger partial charge in [-0.05, 0) is 87.2 Å². The van der Waals surface area contributed by atoms with Gasteiger partial charge in [-0.25, -0.2) is 4.79 Å². The standard InChI is InChI=1S/C23H31NO4/c1-2-22-8-5-17-16-4-3-15(24-27)12-18(16)14(13-25)11-19(17)20(22)6-9-23(22)10-7-21(26)28-23/h7,10,12,14,16-17,19-20,25,27H,2-6,8-9,11,13H2,1H3/b24-15+/t14?,16-,17?,19?,20?,22+,23-/m1/s1. The van der Waals surface area contributed by atoms with Crippen molar-refractivity contribution in [3.8, 4) is 0 Å². The maximum Gasteiger partial charge on any atom is 0.331 e. The van der Waals surface area contributed by atoms with Crippen molar-refractivity contribution < 1.29 is 19.8 Å². The van der Waals surface area contributed by atoms with Gasteiger partial charge in [-0.3, -0.25) is 0 Å². The van der Waals surface area contributed by atoms with Gasteiger partial charge in [0.2, 0.25) is 0 Å². The zero-order valence-corrected chi connectivity index (χ0v) is 16.6. The van der Waals surface area contributed by atoms with Crippen LogP contribution in [0.5, 0.6) is 0 Å². The number of fused-ring (bicyclic) bond motifs is 6. The molecule has 1 spiro atoms. The van der Waals surface area contributed by atoms with Gasteiger partial charge in [0, 0.05) is 24.0 Å². The van der Waals surface area contributed by atoms with Gasteiger partial charge in [-0.1, -0.05) is 17.7 Å². The molecule has 0 aromatic carbocycles. The van der Waals surface area contributed by atoms with E-state index in [0.717, 1.165) is 57.1 Å². The molecule has 0 aromatic heterocycles. The molecule has 1 heterocycles. The average molecular weight is 386 g/mol. The van der Waals surface area contributed by atoms with Gasteiger partial charge >= 0.3 is 5.97 Å². The van der Waals surface area contributed by atoms with E-state index >= 15 is 0 Å². The molecular weight excluding hydrogens is 354 g/mol. The zero-order valence-electron chi connectivity index (χ0n) is 16.6. The third-order valence-corrected chi connectivity index (χ3v) is 9.14. The van der Waals surface area contributed by atoms with Crippen LogP contribution < -0.4 is 0 Å². The van der Waals surface area contributed by atoms with Crippen LogP contribution in [-0.4, -0.2) is 34.2 Å². The number of carbonyl (C=O) groups is 1. The molecular formula is C23H31NO4. The smallest absolute Gasteiger partial charge is 0.331 e. The van der Waals surface area contributed by atoms with Gasteiger partial charge in [0.05, 0.1) is 5.71 Å². The molecule has 7 atom stereocenters. The van der Waals surface area contributed by atoms with Gasteiger partial charge in [0.1, 0.15) is 5.60 Å². The maximum atomic E-state index is 12.0. The van der Waals surface area contributed by atoms with Gasteiger partial charge in [-0.2, -0.15) is 0 Å². The Bertz CT molecular complexity index is 771. The third kappa shape index (κ3) is 2.28. The second-order valence-corrected chi connectivity index (χ2v) is 9.66. The Morgan fingerprint density at radius 3 is 2.79 bits per heavy atom. The summed E-state index contributed by atoms with van der Waals surface area (Å²) in [5.41, 5.74) is 1.71. The summed E-state index contributed by atoms with van der Waals surface area (Å²) in [4.78, 5) is 12.0. The Labute approximate surface area is 166 Å². The first-order valence-corrected chi connectivity index (χ1v) is 11.0. The number of hydrogen-bond acceptors (Lipinski definition) is 5. The lowest BCUT2D eigenvalue weighted by Crippen LogP contribution is -2.54. The van der Waals surface area contributed by atoms with Crippen molar-refractivity contribution in [1.82, 2.24) is 0 Å². The number of ether oxygens (including phenoxy) is 1. The molecule has 0 aromatic rings. The first-order chi connectivity index (χ1) is 13.6.